The van der Waals surface area contributed by atoms with Gasteiger partial charge in [0, 0.05) is 0 Å². The maximum absolute atomic E-state index is 10.5. The van der Waals surface area contributed by atoms with E-state index in [9.17, 15) is 4.79 Å². The van der Waals surface area contributed by atoms with Gasteiger partial charge in [-0.2, -0.15) is 0 Å². The summed E-state index contributed by atoms with van der Waals surface area (Å²) in [4.78, 5) is 10.5. The Morgan fingerprint density at radius 2 is 2.33 bits per heavy atom. The monoisotopic (exact) mass is 170 g/mol. The Morgan fingerprint density at radius 3 is 2.67 bits per heavy atom. The molecule has 3 nitrogen and oxygen atoms in total. The van der Waals surface area contributed by atoms with Crippen LogP contribution in [0.1, 0.15) is 13.8 Å². The average Bonchev–Trinajstić information content (AvgIpc) is 2.34. The van der Waals surface area contributed by atoms with Gasteiger partial charge in [0.1, 0.15) is 6.29 Å². The van der Waals surface area contributed by atoms with Crippen LogP contribution in [0.5, 0.6) is 0 Å². The lowest BCUT2D eigenvalue weighted by atomic mass is 10.1. The fraction of sp³-hybridized carbons (Fsp3) is 0.667. The van der Waals surface area contributed by atoms with Crippen molar-refractivity contribution in [1.29, 1.82) is 0 Å². The SMILES string of the molecule is C=C[C@@H](C=O)[C@H]1COC(C)(C)O1. The zero-order valence-corrected chi connectivity index (χ0v) is 7.45. The highest BCUT2D eigenvalue weighted by atomic mass is 16.7. The van der Waals surface area contributed by atoms with Crippen LogP contribution in [0.25, 0.3) is 0 Å². The van der Waals surface area contributed by atoms with Crippen molar-refractivity contribution in [2.24, 2.45) is 5.92 Å². The summed E-state index contributed by atoms with van der Waals surface area (Å²) in [5.41, 5.74) is 0. The van der Waals surface area contributed by atoms with Crippen molar-refractivity contribution in [2.45, 2.75) is 25.7 Å². The number of hydrogen-bond acceptors (Lipinski definition) is 3. The fourth-order valence-corrected chi connectivity index (χ4v) is 1.20. The summed E-state index contributed by atoms with van der Waals surface area (Å²) in [7, 11) is 0. The van der Waals surface area contributed by atoms with Crippen LogP contribution in [0.3, 0.4) is 0 Å². The van der Waals surface area contributed by atoms with Crippen LogP contribution >= 0.6 is 0 Å². The molecule has 0 amide bonds. The van der Waals surface area contributed by atoms with Gasteiger partial charge in [-0.1, -0.05) is 6.08 Å². The zero-order chi connectivity index (χ0) is 9.19. The Bertz CT molecular complexity index is 178. The van der Waals surface area contributed by atoms with Gasteiger partial charge in [-0.15, -0.1) is 6.58 Å². The minimum atomic E-state index is -0.561. The van der Waals surface area contributed by atoms with Crippen LogP contribution in [0.2, 0.25) is 0 Å². The van der Waals surface area contributed by atoms with Crippen molar-refractivity contribution in [1.82, 2.24) is 0 Å². The molecule has 1 aliphatic heterocycles. The summed E-state index contributed by atoms with van der Waals surface area (Å²) in [5, 5.41) is 0. The molecule has 0 radical (unpaired) electrons. The van der Waals surface area contributed by atoms with E-state index < -0.39 is 5.79 Å². The lowest BCUT2D eigenvalue weighted by molar-refractivity contribution is -0.144. The molecule has 1 heterocycles. The first-order chi connectivity index (χ1) is 5.59. The molecule has 0 aliphatic carbocycles. The second kappa shape index (κ2) is 3.37. The van der Waals surface area contributed by atoms with Crippen LogP contribution in [-0.4, -0.2) is 24.8 Å². The Kier molecular flexibility index (Phi) is 2.65. The number of carbonyl (C=O) groups excluding carboxylic acids is 1. The minimum Gasteiger partial charge on any atom is -0.348 e. The van der Waals surface area contributed by atoms with Gasteiger partial charge in [-0.25, -0.2) is 0 Å². The molecule has 0 spiro atoms. The molecule has 1 aliphatic rings. The van der Waals surface area contributed by atoms with Gasteiger partial charge in [0.05, 0.1) is 18.6 Å². The predicted molar refractivity (Wildman–Crippen MR) is 44.7 cm³/mol. The first kappa shape index (κ1) is 9.42. The molecule has 3 heteroatoms. The lowest BCUT2D eigenvalue weighted by Gasteiger charge is -2.18. The number of carbonyl (C=O) groups is 1. The largest absolute Gasteiger partial charge is 0.348 e. The molecule has 68 valence electrons. The van der Waals surface area contributed by atoms with E-state index in [1.165, 1.54) is 0 Å². The smallest absolute Gasteiger partial charge is 0.163 e. The zero-order valence-electron chi connectivity index (χ0n) is 7.45. The van der Waals surface area contributed by atoms with Crippen molar-refractivity contribution in [2.75, 3.05) is 6.61 Å². The Labute approximate surface area is 72.4 Å². The minimum absolute atomic E-state index is 0.171. The van der Waals surface area contributed by atoms with Gasteiger partial charge in [0.25, 0.3) is 0 Å². The molecule has 1 rings (SSSR count). The molecule has 0 N–H and O–H groups in total. The van der Waals surface area contributed by atoms with Gasteiger partial charge >= 0.3 is 0 Å². The van der Waals surface area contributed by atoms with Crippen LogP contribution < -0.4 is 0 Å². The molecule has 0 unspecified atom stereocenters. The van der Waals surface area contributed by atoms with Crippen LogP contribution in [0, 0.1) is 5.92 Å². The summed E-state index contributed by atoms with van der Waals surface area (Å²) < 4.78 is 10.8. The molecule has 1 saturated heterocycles. The predicted octanol–water partition coefficient (Wildman–Crippen LogP) is 1.14. The van der Waals surface area contributed by atoms with E-state index in [1.807, 2.05) is 13.8 Å². The van der Waals surface area contributed by atoms with Crippen molar-refractivity contribution < 1.29 is 14.3 Å². The van der Waals surface area contributed by atoms with Crippen LogP contribution in [-0.2, 0) is 14.3 Å². The van der Waals surface area contributed by atoms with Crippen LogP contribution in [0.4, 0.5) is 0 Å². The third-order valence-electron chi connectivity index (χ3n) is 1.89. The van der Waals surface area contributed by atoms with Crippen molar-refractivity contribution >= 4 is 6.29 Å². The van der Waals surface area contributed by atoms with Gasteiger partial charge in [0.15, 0.2) is 5.79 Å². The maximum Gasteiger partial charge on any atom is 0.163 e. The van der Waals surface area contributed by atoms with Crippen LogP contribution in [0.15, 0.2) is 12.7 Å². The molecule has 0 aromatic carbocycles. The van der Waals surface area contributed by atoms with Gasteiger partial charge in [-0.3, -0.25) is 0 Å². The van der Waals surface area contributed by atoms with Gasteiger partial charge in [-0.05, 0) is 13.8 Å². The second-order valence-electron chi connectivity index (χ2n) is 3.32. The van der Waals surface area contributed by atoms with Gasteiger partial charge < -0.3 is 14.3 Å². The summed E-state index contributed by atoms with van der Waals surface area (Å²) >= 11 is 0. The van der Waals surface area contributed by atoms with E-state index in [1.54, 1.807) is 6.08 Å². The Hall–Kier alpha value is -0.670. The third-order valence-corrected chi connectivity index (χ3v) is 1.89. The summed E-state index contributed by atoms with van der Waals surface area (Å²) in [6, 6.07) is 0. The first-order valence-corrected chi connectivity index (χ1v) is 3.98. The van der Waals surface area contributed by atoms with Gasteiger partial charge in [0.2, 0.25) is 0 Å². The quantitative estimate of drug-likeness (QED) is 0.470. The highest BCUT2D eigenvalue weighted by Gasteiger charge is 2.36. The maximum atomic E-state index is 10.5. The number of rotatable bonds is 3. The Morgan fingerprint density at radius 1 is 1.67 bits per heavy atom. The van der Waals surface area contributed by atoms with E-state index in [4.69, 9.17) is 9.47 Å². The third kappa shape index (κ3) is 1.93. The Balaban J connectivity index is 2.56. The molecular formula is C9H14O3. The molecule has 12 heavy (non-hydrogen) atoms. The first-order valence-electron chi connectivity index (χ1n) is 3.98. The van der Waals surface area contributed by atoms with E-state index in [2.05, 4.69) is 6.58 Å². The van der Waals surface area contributed by atoms with Crippen molar-refractivity contribution in [3.63, 3.8) is 0 Å². The molecule has 0 aromatic rings. The molecule has 0 saturated carbocycles. The van der Waals surface area contributed by atoms with E-state index in [-0.39, 0.29) is 12.0 Å². The normalized spacial score (nSPS) is 29.7. The number of hydrogen-bond donors (Lipinski definition) is 0. The number of ether oxygens (including phenoxy) is 2. The molecule has 1 fully saturated rings. The van der Waals surface area contributed by atoms with E-state index in [0.29, 0.717) is 6.61 Å². The average molecular weight is 170 g/mol. The summed E-state index contributed by atoms with van der Waals surface area (Å²) in [6.07, 6.45) is 2.25. The van der Waals surface area contributed by atoms with E-state index in [0.717, 1.165) is 6.29 Å². The molecule has 0 bridgehead atoms. The summed E-state index contributed by atoms with van der Waals surface area (Å²) in [6.45, 7) is 7.68. The molecular weight excluding hydrogens is 156 g/mol. The second-order valence-corrected chi connectivity index (χ2v) is 3.32. The van der Waals surface area contributed by atoms with E-state index >= 15 is 0 Å². The standard InChI is InChI=1S/C9H14O3/c1-4-7(5-10)8-6-11-9(2,3)12-8/h4-5,7-8H,1,6H2,2-3H3/t7-,8+/m0/s1. The molecule has 2 atom stereocenters. The summed E-state index contributed by atoms with van der Waals surface area (Å²) in [5.74, 6) is -0.818. The highest BCUT2D eigenvalue weighted by Crippen LogP contribution is 2.26. The molecule has 0 aromatic heterocycles. The number of aldehydes is 1. The topological polar surface area (TPSA) is 35.5 Å². The highest BCUT2D eigenvalue weighted by molar-refractivity contribution is 5.57. The van der Waals surface area contributed by atoms with Crippen molar-refractivity contribution in [3.8, 4) is 0 Å². The van der Waals surface area contributed by atoms with Crippen molar-refractivity contribution in [3.05, 3.63) is 12.7 Å². The lowest BCUT2D eigenvalue weighted by Crippen LogP contribution is -2.26. The fourth-order valence-electron chi connectivity index (χ4n) is 1.20.